The van der Waals surface area contributed by atoms with Gasteiger partial charge in [-0.2, -0.15) is 0 Å². The van der Waals surface area contributed by atoms with Gasteiger partial charge in [-0.3, -0.25) is 0 Å². The average molecular weight is 112 g/mol. The Morgan fingerprint density at radius 3 is 2.62 bits per heavy atom. The first-order valence-corrected chi connectivity index (χ1v) is 2.57. The highest BCUT2D eigenvalue weighted by molar-refractivity contribution is 4.71. The molecule has 0 radical (unpaired) electrons. The number of hydrogen-bond acceptors (Lipinski definition) is 3. The molecule has 0 N–H and O–H groups in total. The maximum atomic E-state index is 3.69. The minimum Gasteiger partial charge on any atom is -0.230 e. The lowest BCUT2D eigenvalue weighted by Crippen LogP contribution is -1.98. The summed E-state index contributed by atoms with van der Waals surface area (Å²) in [4.78, 5) is 0. The Morgan fingerprint density at radius 1 is 1.62 bits per heavy atom. The van der Waals surface area contributed by atoms with E-state index in [0.29, 0.717) is 0 Å². The predicted molar refractivity (Wildman–Crippen MR) is 28.2 cm³/mol. The van der Waals surface area contributed by atoms with Crippen molar-refractivity contribution >= 4 is 0 Å². The smallest absolute Gasteiger partial charge is 0.148 e. The molecule has 0 fully saturated rings. The molecule has 0 amide bonds. The molecule has 0 aliphatic carbocycles. The van der Waals surface area contributed by atoms with Gasteiger partial charge in [0.1, 0.15) is 5.82 Å². The Kier molecular flexibility index (Phi) is 1.24. The summed E-state index contributed by atoms with van der Waals surface area (Å²) in [5.41, 5.74) is 0. The van der Waals surface area contributed by atoms with E-state index in [4.69, 9.17) is 0 Å². The van der Waals surface area contributed by atoms with E-state index in [1.54, 1.807) is 4.68 Å². The van der Waals surface area contributed by atoms with Crippen LogP contribution in [-0.2, 0) is 6.54 Å². The Hall–Kier alpha value is -0.930. The Balaban J connectivity index is 2.92. The molecule has 0 aliphatic heterocycles. The number of hydrogen-bond donors (Lipinski definition) is 0. The number of nitrogens with zero attached hydrogens (tertiary/aromatic N) is 4. The molecule has 0 aromatic carbocycles. The zero-order chi connectivity index (χ0) is 5.98. The Morgan fingerprint density at radius 2 is 2.38 bits per heavy atom. The van der Waals surface area contributed by atoms with Gasteiger partial charge < -0.3 is 0 Å². The maximum Gasteiger partial charge on any atom is 0.148 e. The van der Waals surface area contributed by atoms with Crippen LogP contribution in [0, 0.1) is 6.92 Å². The fourth-order valence-corrected chi connectivity index (χ4v) is 0.541. The summed E-state index contributed by atoms with van der Waals surface area (Å²) in [5.74, 6) is 0.868. The third-order valence-corrected chi connectivity index (χ3v) is 1.01. The molecule has 1 rings (SSSR count). The number of aryl methyl sites for hydroxylation is 2. The van der Waals surface area contributed by atoms with Crippen LogP contribution in [0.4, 0.5) is 0 Å². The van der Waals surface area contributed by atoms with E-state index in [1.807, 2.05) is 13.8 Å². The minimum absolute atomic E-state index is 0.846. The second-order valence-electron chi connectivity index (χ2n) is 1.54. The first-order chi connectivity index (χ1) is 3.84. The molecular formula is C4H8N4. The molecule has 1 heterocycles. The molecule has 1 aromatic heterocycles. The molecule has 0 bridgehead atoms. The monoisotopic (exact) mass is 112 g/mol. The fraction of sp³-hybridized carbons (Fsp3) is 0.750. The normalized spacial score (nSPS) is 9.75. The van der Waals surface area contributed by atoms with E-state index in [0.717, 1.165) is 12.4 Å². The number of tetrazole rings is 1. The summed E-state index contributed by atoms with van der Waals surface area (Å²) in [6, 6.07) is 0. The van der Waals surface area contributed by atoms with Crippen LogP contribution >= 0.6 is 0 Å². The van der Waals surface area contributed by atoms with Crippen LogP contribution in [0.5, 0.6) is 0 Å². The summed E-state index contributed by atoms with van der Waals surface area (Å²) >= 11 is 0. The average Bonchev–Trinajstić information content (AvgIpc) is 2.14. The summed E-state index contributed by atoms with van der Waals surface area (Å²) in [5, 5.41) is 10.8. The van der Waals surface area contributed by atoms with Crippen LogP contribution in [0.25, 0.3) is 0 Å². The first-order valence-electron chi connectivity index (χ1n) is 2.57. The molecule has 0 saturated heterocycles. The lowest BCUT2D eigenvalue weighted by atomic mass is 10.6. The van der Waals surface area contributed by atoms with E-state index < -0.39 is 0 Å². The summed E-state index contributed by atoms with van der Waals surface area (Å²) in [6.07, 6.45) is 0. The van der Waals surface area contributed by atoms with Crippen molar-refractivity contribution in [2.24, 2.45) is 0 Å². The minimum atomic E-state index is 0.846. The van der Waals surface area contributed by atoms with Crippen molar-refractivity contribution in [2.75, 3.05) is 0 Å². The standard InChI is InChI=1S/C4H8N4/c1-3-8-4(2)5-6-7-8/h3H2,1-2H3. The van der Waals surface area contributed by atoms with E-state index in [1.165, 1.54) is 0 Å². The zero-order valence-corrected chi connectivity index (χ0v) is 5.00. The fourth-order valence-electron chi connectivity index (χ4n) is 0.541. The highest BCUT2D eigenvalue weighted by atomic mass is 15.5. The first kappa shape index (κ1) is 5.21. The van der Waals surface area contributed by atoms with E-state index in [9.17, 15) is 0 Å². The van der Waals surface area contributed by atoms with Gasteiger partial charge in [0.2, 0.25) is 0 Å². The van der Waals surface area contributed by atoms with Crippen molar-refractivity contribution in [3.8, 4) is 0 Å². The van der Waals surface area contributed by atoms with Crippen molar-refractivity contribution < 1.29 is 0 Å². The molecule has 0 unspecified atom stereocenters. The molecule has 0 aliphatic rings. The van der Waals surface area contributed by atoms with Gasteiger partial charge in [-0.1, -0.05) is 0 Å². The van der Waals surface area contributed by atoms with Crippen LogP contribution in [0.1, 0.15) is 12.7 Å². The molecule has 44 valence electrons. The largest absolute Gasteiger partial charge is 0.230 e. The van der Waals surface area contributed by atoms with Crippen LogP contribution in [0.2, 0.25) is 0 Å². The molecule has 0 atom stereocenters. The van der Waals surface area contributed by atoms with Crippen LogP contribution in [0.15, 0.2) is 0 Å². The lowest BCUT2D eigenvalue weighted by Gasteiger charge is -1.90. The summed E-state index contributed by atoms with van der Waals surface area (Å²) in [6.45, 7) is 4.73. The molecule has 4 nitrogen and oxygen atoms in total. The molecule has 0 saturated carbocycles. The summed E-state index contributed by atoms with van der Waals surface area (Å²) < 4.78 is 1.74. The van der Waals surface area contributed by atoms with E-state index in [2.05, 4.69) is 15.5 Å². The van der Waals surface area contributed by atoms with Gasteiger partial charge in [0.25, 0.3) is 0 Å². The highest BCUT2D eigenvalue weighted by Gasteiger charge is 1.92. The van der Waals surface area contributed by atoms with Gasteiger partial charge in [0, 0.05) is 6.54 Å². The quantitative estimate of drug-likeness (QED) is 0.513. The van der Waals surface area contributed by atoms with Crippen LogP contribution < -0.4 is 0 Å². The molecular weight excluding hydrogens is 104 g/mol. The van der Waals surface area contributed by atoms with Crippen molar-refractivity contribution in [3.63, 3.8) is 0 Å². The molecule has 4 heteroatoms. The predicted octanol–water partition coefficient (Wildman–Crippen LogP) is 0.00142. The Labute approximate surface area is 47.5 Å². The molecule has 0 spiro atoms. The van der Waals surface area contributed by atoms with Gasteiger partial charge in [-0.05, 0) is 24.3 Å². The third-order valence-electron chi connectivity index (χ3n) is 1.01. The van der Waals surface area contributed by atoms with Crippen molar-refractivity contribution in [1.29, 1.82) is 0 Å². The molecule has 1 aromatic rings. The van der Waals surface area contributed by atoms with E-state index >= 15 is 0 Å². The Bertz CT molecular complexity index is 168. The zero-order valence-electron chi connectivity index (χ0n) is 5.00. The van der Waals surface area contributed by atoms with Gasteiger partial charge in [0.15, 0.2) is 0 Å². The van der Waals surface area contributed by atoms with Gasteiger partial charge in [-0.25, -0.2) is 4.68 Å². The number of aromatic nitrogens is 4. The van der Waals surface area contributed by atoms with Crippen LogP contribution in [0.3, 0.4) is 0 Å². The second kappa shape index (κ2) is 1.90. The van der Waals surface area contributed by atoms with Gasteiger partial charge in [0.05, 0.1) is 0 Å². The SMILES string of the molecule is CCn1nnnc1C. The lowest BCUT2D eigenvalue weighted by molar-refractivity contribution is 0.611. The second-order valence-corrected chi connectivity index (χ2v) is 1.54. The third kappa shape index (κ3) is 0.685. The van der Waals surface area contributed by atoms with Crippen molar-refractivity contribution in [1.82, 2.24) is 20.2 Å². The van der Waals surface area contributed by atoms with Gasteiger partial charge in [-0.15, -0.1) is 5.10 Å². The molecule has 8 heavy (non-hydrogen) atoms. The number of rotatable bonds is 1. The highest BCUT2D eigenvalue weighted by Crippen LogP contribution is 1.84. The van der Waals surface area contributed by atoms with Crippen LogP contribution in [-0.4, -0.2) is 20.2 Å². The maximum absolute atomic E-state index is 3.69. The summed E-state index contributed by atoms with van der Waals surface area (Å²) in [7, 11) is 0. The van der Waals surface area contributed by atoms with Crippen molar-refractivity contribution in [3.05, 3.63) is 5.82 Å². The van der Waals surface area contributed by atoms with E-state index in [-0.39, 0.29) is 0 Å². The topological polar surface area (TPSA) is 43.6 Å². The van der Waals surface area contributed by atoms with Gasteiger partial charge >= 0.3 is 0 Å². The van der Waals surface area contributed by atoms with Crippen molar-refractivity contribution in [2.45, 2.75) is 20.4 Å².